The van der Waals surface area contributed by atoms with Crippen molar-refractivity contribution in [2.75, 3.05) is 5.32 Å². The van der Waals surface area contributed by atoms with Crippen molar-refractivity contribution < 1.29 is 23.5 Å². The lowest BCUT2D eigenvalue weighted by Crippen LogP contribution is -2.37. The molecular weight excluding hydrogens is 278 g/mol. The second-order valence-corrected chi connectivity index (χ2v) is 4.60. The highest BCUT2D eigenvalue weighted by molar-refractivity contribution is 7.99. The number of halogens is 2. The third kappa shape index (κ3) is 5.23. The molecule has 104 valence electrons. The Hall–Kier alpha value is -1.67. The maximum atomic E-state index is 12.3. The summed E-state index contributed by atoms with van der Waals surface area (Å²) in [5.74, 6) is -4.56. The molecule has 1 unspecified atom stereocenters. The number of carboxylic acids is 1. The molecule has 5 nitrogen and oxygen atoms in total. The van der Waals surface area contributed by atoms with E-state index in [2.05, 4.69) is 5.32 Å². The van der Waals surface area contributed by atoms with Crippen LogP contribution >= 0.6 is 11.8 Å². The van der Waals surface area contributed by atoms with Crippen LogP contribution in [-0.2, 0) is 9.59 Å². The molecule has 0 fully saturated rings. The second-order valence-electron chi connectivity index (χ2n) is 3.57. The van der Waals surface area contributed by atoms with Crippen molar-refractivity contribution in [1.82, 2.24) is 0 Å². The summed E-state index contributed by atoms with van der Waals surface area (Å²) in [6.07, 6.45) is -0.532. The molecule has 0 aliphatic rings. The molecular formula is C11H12F2N2O3S. The highest BCUT2D eigenvalue weighted by Gasteiger charge is 2.18. The number of aliphatic carboxylic acids is 1. The van der Waals surface area contributed by atoms with Crippen LogP contribution in [0.15, 0.2) is 29.2 Å². The number of carbonyl (C=O) groups excluding carboxylic acids is 1. The van der Waals surface area contributed by atoms with Gasteiger partial charge in [-0.3, -0.25) is 9.59 Å². The quantitative estimate of drug-likeness (QED) is 0.694. The molecule has 0 spiro atoms. The predicted molar refractivity (Wildman–Crippen MR) is 67.2 cm³/mol. The van der Waals surface area contributed by atoms with Gasteiger partial charge in [-0.1, -0.05) is 23.9 Å². The second kappa shape index (κ2) is 7.05. The van der Waals surface area contributed by atoms with Gasteiger partial charge in [0, 0.05) is 4.90 Å². The first-order chi connectivity index (χ1) is 8.90. The summed E-state index contributed by atoms with van der Waals surface area (Å²) in [5, 5.41) is 10.8. The summed E-state index contributed by atoms with van der Waals surface area (Å²) < 4.78 is 24.6. The van der Waals surface area contributed by atoms with Crippen LogP contribution in [0.25, 0.3) is 0 Å². The average Bonchev–Trinajstić information content (AvgIpc) is 2.30. The first kappa shape index (κ1) is 15.4. The van der Waals surface area contributed by atoms with Crippen molar-refractivity contribution in [1.29, 1.82) is 0 Å². The number of alkyl halides is 2. The van der Waals surface area contributed by atoms with Gasteiger partial charge >= 0.3 is 5.97 Å². The topological polar surface area (TPSA) is 92.4 Å². The van der Waals surface area contributed by atoms with Gasteiger partial charge in [-0.25, -0.2) is 0 Å². The van der Waals surface area contributed by atoms with Gasteiger partial charge in [0.15, 0.2) is 0 Å². The number of hydrogen-bond donors (Lipinski definition) is 3. The van der Waals surface area contributed by atoms with Gasteiger partial charge in [-0.2, -0.15) is 8.78 Å². The van der Waals surface area contributed by atoms with Crippen molar-refractivity contribution in [3.63, 3.8) is 0 Å². The number of anilines is 1. The standard InChI is InChI=1S/C11H12F2N2O3S/c12-11(13)19-8-4-2-1-3-7(8)15-10(18)6(14)5-9(16)17/h1-4,6,11H,5,14H2,(H,15,18)(H,16,17). The van der Waals surface area contributed by atoms with Gasteiger partial charge in [-0.05, 0) is 12.1 Å². The number of carboxylic acid groups (broad SMARTS) is 1. The lowest BCUT2D eigenvalue weighted by Gasteiger charge is -2.13. The van der Waals surface area contributed by atoms with E-state index in [-0.39, 0.29) is 22.3 Å². The van der Waals surface area contributed by atoms with Gasteiger partial charge in [-0.15, -0.1) is 0 Å². The zero-order valence-corrected chi connectivity index (χ0v) is 10.5. The summed E-state index contributed by atoms with van der Waals surface area (Å²) in [4.78, 5) is 22.2. The zero-order chi connectivity index (χ0) is 14.4. The van der Waals surface area contributed by atoms with Gasteiger partial charge in [0.05, 0.1) is 18.2 Å². The summed E-state index contributed by atoms with van der Waals surface area (Å²) in [6, 6.07) is 4.75. The van der Waals surface area contributed by atoms with Crippen molar-refractivity contribution in [2.24, 2.45) is 5.73 Å². The number of hydrogen-bond acceptors (Lipinski definition) is 4. The van der Waals surface area contributed by atoms with E-state index in [1.165, 1.54) is 12.1 Å². The Labute approximate surface area is 112 Å². The number of benzene rings is 1. The molecule has 19 heavy (non-hydrogen) atoms. The fraction of sp³-hybridized carbons (Fsp3) is 0.273. The summed E-state index contributed by atoms with van der Waals surface area (Å²) >= 11 is 0.287. The van der Waals surface area contributed by atoms with E-state index in [1.54, 1.807) is 12.1 Å². The highest BCUT2D eigenvalue weighted by atomic mass is 32.2. The van der Waals surface area contributed by atoms with Crippen molar-refractivity contribution in [3.8, 4) is 0 Å². The largest absolute Gasteiger partial charge is 0.481 e. The Kier molecular flexibility index (Phi) is 5.71. The third-order valence-electron chi connectivity index (χ3n) is 2.09. The fourth-order valence-corrected chi connectivity index (χ4v) is 1.87. The van der Waals surface area contributed by atoms with Crippen LogP contribution < -0.4 is 11.1 Å². The molecule has 0 bridgehead atoms. The van der Waals surface area contributed by atoms with Crippen LogP contribution in [-0.4, -0.2) is 28.8 Å². The van der Waals surface area contributed by atoms with E-state index in [9.17, 15) is 18.4 Å². The Morgan fingerprint density at radius 2 is 2.00 bits per heavy atom. The first-order valence-corrected chi connectivity index (χ1v) is 6.10. The van der Waals surface area contributed by atoms with Gasteiger partial charge < -0.3 is 16.2 Å². The van der Waals surface area contributed by atoms with E-state index in [0.717, 1.165) is 0 Å². The summed E-state index contributed by atoms with van der Waals surface area (Å²) in [6.45, 7) is 0. The molecule has 0 aromatic heterocycles. The smallest absolute Gasteiger partial charge is 0.305 e. The van der Waals surface area contributed by atoms with Crippen LogP contribution in [0.5, 0.6) is 0 Å². The predicted octanol–water partition coefficient (Wildman–Crippen LogP) is 1.74. The molecule has 1 aromatic rings. The molecule has 1 rings (SSSR count). The minimum atomic E-state index is -2.62. The maximum absolute atomic E-state index is 12.3. The van der Waals surface area contributed by atoms with Crippen LogP contribution in [0.3, 0.4) is 0 Å². The van der Waals surface area contributed by atoms with Gasteiger partial charge in [0.1, 0.15) is 0 Å². The average molecular weight is 290 g/mol. The molecule has 1 atom stereocenters. The lowest BCUT2D eigenvalue weighted by atomic mass is 10.2. The molecule has 0 heterocycles. The third-order valence-corrected chi connectivity index (χ3v) is 2.88. The number of rotatable bonds is 6. The van der Waals surface area contributed by atoms with Crippen LogP contribution in [0, 0.1) is 0 Å². The first-order valence-electron chi connectivity index (χ1n) is 5.22. The van der Waals surface area contributed by atoms with Crippen LogP contribution in [0.1, 0.15) is 6.42 Å². The molecule has 8 heteroatoms. The Morgan fingerprint density at radius 3 is 2.58 bits per heavy atom. The van der Waals surface area contributed by atoms with Crippen molar-refractivity contribution in [3.05, 3.63) is 24.3 Å². The molecule has 1 aromatic carbocycles. The van der Waals surface area contributed by atoms with Crippen LogP contribution in [0.4, 0.5) is 14.5 Å². The monoisotopic (exact) mass is 290 g/mol. The van der Waals surface area contributed by atoms with Gasteiger partial charge in [0.2, 0.25) is 5.91 Å². The number of thioether (sulfide) groups is 1. The highest BCUT2D eigenvalue weighted by Crippen LogP contribution is 2.31. The fourth-order valence-electron chi connectivity index (χ4n) is 1.27. The molecule has 0 aliphatic carbocycles. The number of nitrogens with one attached hydrogen (secondary N) is 1. The molecule has 0 saturated heterocycles. The molecule has 0 radical (unpaired) electrons. The molecule has 4 N–H and O–H groups in total. The minimum Gasteiger partial charge on any atom is -0.481 e. The lowest BCUT2D eigenvalue weighted by molar-refractivity contribution is -0.138. The maximum Gasteiger partial charge on any atom is 0.305 e. The van der Waals surface area contributed by atoms with E-state index < -0.39 is 30.1 Å². The van der Waals surface area contributed by atoms with E-state index in [4.69, 9.17) is 10.8 Å². The SMILES string of the molecule is NC(CC(=O)O)C(=O)Nc1ccccc1SC(F)F. The Balaban J connectivity index is 2.76. The molecule has 0 saturated carbocycles. The Bertz CT molecular complexity index is 471. The molecule has 1 amide bonds. The normalized spacial score (nSPS) is 12.2. The number of amides is 1. The number of carbonyl (C=O) groups is 2. The minimum absolute atomic E-state index is 0.179. The van der Waals surface area contributed by atoms with Crippen molar-refractivity contribution in [2.45, 2.75) is 23.1 Å². The Morgan fingerprint density at radius 1 is 1.37 bits per heavy atom. The number of para-hydroxylation sites is 1. The van der Waals surface area contributed by atoms with Crippen LogP contribution in [0.2, 0.25) is 0 Å². The van der Waals surface area contributed by atoms with E-state index in [1.807, 2.05) is 0 Å². The zero-order valence-electron chi connectivity index (χ0n) is 9.68. The van der Waals surface area contributed by atoms with Gasteiger partial charge in [0.25, 0.3) is 5.76 Å². The van der Waals surface area contributed by atoms with Crippen molar-refractivity contribution >= 4 is 29.3 Å². The van der Waals surface area contributed by atoms with E-state index >= 15 is 0 Å². The summed E-state index contributed by atoms with van der Waals surface area (Å²) in [5.41, 5.74) is 5.55. The number of nitrogens with two attached hydrogens (primary N) is 1. The summed E-state index contributed by atoms with van der Waals surface area (Å²) in [7, 11) is 0. The van der Waals surface area contributed by atoms with E-state index in [0.29, 0.717) is 0 Å². The molecule has 0 aliphatic heterocycles.